The van der Waals surface area contributed by atoms with Crippen LogP contribution < -0.4 is 0 Å². The van der Waals surface area contributed by atoms with Gasteiger partial charge in [-0.1, -0.05) is 166 Å². The molecule has 0 spiro atoms. The monoisotopic (exact) mass is 771 g/mol. The molecule has 4 aromatic carbocycles. The maximum atomic E-state index is 10.9. The maximum Gasteiger partial charge on any atom is 0.143 e. The minimum absolute atomic E-state index is 0.167. The van der Waals surface area contributed by atoms with E-state index in [2.05, 4.69) is 26.0 Å². The Morgan fingerprint density at radius 3 is 1.18 bits per heavy atom. The van der Waals surface area contributed by atoms with E-state index in [-0.39, 0.29) is 11.5 Å². The fraction of sp³-hybridized carbons (Fsp3) is 0.510. The molecule has 2 aromatic heterocycles. The summed E-state index contributed by atoms with van der Waals surface area (Å²) in [6, 6.07) is 23.7. The van der Waals surface area contributed by atoms with E-state index < -0.39 is 0 Å². The van der Waals surface area contributed by atoms with Gasteiger partial charge in [0.05, 0.1) is 0 Å². The Morgan fingerprint density at radius 2 is 0.789 bits per heavy atom. The van der Waals surface area contributed by atoms with Crippen LogP contribution in [0, 0.1) is 0 Å². The number of phenolic OH excluding ortho intramolecular Hbond substituents is 2. The number of rotatable bonds is 26. The molecule has 2 heterocycles. The number of benzene rings is 4. The van der Waals surface area contributed by atoms with Crippen molar-refractivity contribution < 1.29 is 10.2 Å². The summed E-state index contributed by atoms with van der Waals surface area (Å²) >= 11 is 0. The SMILES string of the molecule is CCCCCCCCCCCCc1ccc(O)c(-n2nc3cccc(Cc4cccc5nn(-c6cc(CCCCCCCCCCCC)ccc6O)nc45)c3n2)c1. The molecule has 0 saturated carbocycles. The zero-order chi connectivity index (χ0) is 39.7. The fourth-order valence-corrected chi connectivity index (χ4v) is 8.09. The van der Waals surface area contributed by atoms with Gasteiger partial charge in [-0.3, -0.25) is 0 Å². The Hall–Kier alpha value is -4.72. The van der Waals surface area contributed by atoms with Crippen LogP contribution in [0.25, 0.3) is 33.4 Å². The number of aryl methyl sites for hydroxylation is 2. The first-order valence-electron chi connectivity index (χ1n) is 22.4. The second-order valence-electron chi connectivity index (χ2n) is 16.2. The second-order valence-corrected chi connectivity index (χ2v) is 16.2. The van der Waals surface area contributed by atoms with Gasteiger partial charge in [-0.2, -0.15) is 0 Å². The van der Waals surface area contributed by atoms with Gasteiger partial charge in [0, 0.05) is 6.42 Å². The number of nitrogens with zero attached hydrogens (tertiary/aromatic N) is 6. The lowest BCUT2D eigenvalue weighted by atomic mass is 10.0. The van der Waals surface area contributed by atoms with E-state index in [1.165, 1.54) is 127 Å². The number of aromatic nitrogens is 6. The number of unbranched alkanes of at least 4 members (excludes halogenated alkanes) is 18. The highest BCUT2D eigenvalue weighted by Gasteiger charge is 2.17. The molecule has 57 heavy (non-hydrogen) atoms. The quantitative estimate of drug-likeness (QED) is 0.0533. The number of hydrogen-bond acceptors (Lipinski definition) is 6. The van der Waals surface area contributed by atoms with Crippen molar-refractivity contribution in [2.75, 3.05) is 0 Å². The third kappa shape index (κ3) is 12.1. The number of aromatic hydroxyl groups is 2. The van der Waals surface area contributed by atoms with E-state index in [0.29, 0.717) is 17.8 Å². The van der Waals surface area contributed by atoms with Crippen LogP contribution in [0.5, 0.6) is 11.5 Å². The van der Waals surface area contributed by atoms with Gasteiger partial charge in [-0.15, -0.1) is 30.0 Å². The summed E-state index contributed by atoms with van der Waals surface area (Å²) in [7, 11) is 0. The molecule has 0 amide bonds. The van der Waals surface area contributed by atoms with Crippen LogP contribution in [0.15, 0.2) is 72.8 Å². The van der Waals surface area contributed by atoms with Crippen LogP contribution in [0.4, 0.5) is 0 Å². The Labute approximate surface area is 340 Å². The van der Waals surface area contributed by atoms with Crippen molar-refractivity contribution >= 4 is 22.1 Å². The van der Waals surface area contributed by atoms with Crippen molar-refractivity contribution in [1.82, 2.24) is 30.0 Å². The number of phenols is 2. The summed E-state index contributed by atoms with van der Waals surface area (Å²) in [5.74, 6) is 0.335. The Morgan fingerprint density at radius 1 is 0.421 bits per heavy atom. The largest absolute Gasteiger partial charge is 0.506 e. The topological polar surface area (TPSA) is 102 Å². The van der Waals surface area contributed by atoms with E-state index in [1.54, 1.807) is 21.7 Å². The van der Waals surface area contributed by atoms with E-state index in [4.69, 9.17) is 20.4 Å². The van der Waals surface area contributed by atoms with E-state index in [0.717, 1.165) is 58.9 Å². The predicted molar refractivity (Wildman–Crippen MR) is 235 cm³/mol. The zero-order valence-electron chi connectivity index (χ0n) is 34.8. The van der Waals surface area contributed by atoms with E-state index in [9.17, 15) is 10.2 Å². The Kier molecular flexibility index (Phi) is 16.4. The van der Waals surface area contributed by atoms with E-state index in [1.807, 2.05) is 48.5 Å². The third-order valence-corrected chi connectivity index (χ3v) is 11.5. The highest BCUT2D eigenvalue weighted by Crippen LogP contribution is 2.29. The summed E-state index contributed by atoms with van der Waals surface area (Å²) in [5, 5.41) is 41.2. The lowest BCUT2D eigenvalue weighted by Gasteiger charge is -2.07. The minimum atomic E-state index is 0.167. The molecule has 0 unspecified atom stereocenters. The lowest BCUT2D eigenvalue weighted by Crippen LogP contribution is -2.01. The summed E-state index contributed by atoms with van der Waals surface area (Å²) in [6.07, 6.45) is 28.8. The molecule has 0 fully saturated rings. The van der Waals surface area contributed by atoms with Gasteiger partial charge in [-0.05, 0) is 84.3 Å². The van der Waals surface area contributed by atoms with Gasteiger partial charge in [0.25, 0.3) is 0 Å². The summed E-state index contributed by atoms with van der Waals surface area (Å²) in [4.78, 5) is 3.15. The molecule has 6 rings (SSSR count). The van der Waals surface area contributed by atoms with Gasteiger partial charge in [-0.25, -0.2) is 0 Å². The van der Waals surface area contributed by atoms with E-state index >= 15 is 0 Å². The Balaban J connectivity index is 1.08. The Bertz CT molecular complexity index is 1970. The standard InChI is InChI=1S/C49H66N6O2/c1-3-5-7-9-11-13-15-17-19-21-25-38-31-33-46(56)44(35-38)54-50-42-29-23-27-40(48(42)52-54)37-41-28-24-30-43-49(41)53-55(51-43)45-36-39(32-34-47(45)57)26-22-20-18-16-14-12-10-8-6-4-2/h23-24,27-36,56-57H,3-22,25-26,37H2,1-2H3. The molecule has 0 atom stereocenters. The molecular weight excluding hydrogens is 705 g/mol. The van der Waals surface area contributed by atoms with Crippen LogP contribution >= 0.6 is 0 Å². The van der Waals surface area contributed by atoms with Gasteiger partial charge < -0.3 is 10.2 Å². The van der Waals surface area contributed by atoms with Crippen LogP contribution in [-0.4, -0.2) is 40.2 Å². The minimum Gasteiger partial charge on any atom is -0.506 e. The highest BCUT2D eigenvalue weighted by molar-refractivity contribution is 5.82. The van der Waals surface area contributed by atoms with Gasteiger partial charge >= 0.3 is 0 Å². The highest BCUT2D eigenvalue weighted by atomic mass is 16.3. The van der Waals surface area contributed by atoms with Crippen LogP contribution in [0.3, 0.4) is 0 Å². The number of fused-ring (bicyclic) bond motifs is 2. The first-order valence-corrected chi connectivity index (χ1v) is 22.4. The first kappa shape index (κ1) is 41.9. The molecule has 2 N–H and O–H groups in total. The molecule has 0 saturated heterocycles. The molecule has 0 aliphatic heterocycles. The molecule has 8 nitrogen and oxygen atoms in total. The average Bonchev–Trinajstić information content (AvgIpc) is 3.87. The van der Waals surface area contributed by atoms with Gasteiger partial charge in [0.2, 0.25) is 0 Å². The molecule has 6 aromatic rings. The lowest BCUT2D eigenvalue weighted by molar-refractivity contribution is 0.467. The molecule has 8 heteroatoms. The van der Waals surface area contributed by atoms with Crippen LogP contribution in [0.2, 0.25) is 0 Å². The molecule has 0 aliphatic rings. The average molecular weight is 771 g/mol. The third-order valence-electron chi connectivity index (χ3n) is 11.5. The van der Waals surface area contributed by atoms with Crippen LogP contribution in [-0.2, 0) is 19.3 Å². The van der Waals surface area contributed by atoms with Crippen molar-refractivity contribution in [1.29, 1.82) is 0 Å². The normalized spacial score (nSPS) is 11.7. The van der Waals surface area contributed by atoms with Crippen molar-refractivity contribution in [3.8, 4) is 22.9 Å². The zero-order valence-corrected chi connectivity index (χ0v) is 34.8. The molecule has 0 aliphatic carbocycles. The van der Waals surface area contributed by atoms with Crippen molar-refractivity contribution in [2.45, 2.75) is 162 Å². The fourth-order valence-electron chi connectivity index (χ4n) is 8.09. The first-order chi connectivity index (χ1) is 28.0. The van der Waals surface area contributed by atoms with Gasteiger partial charge in [0.1, 0.15) is 44.9 Å². The smallest absolute Gasteiger partial charge is 0.143 e. The van der Waals surface area contributed by atoms with Crippen molar-refractivity contribution in [3.05, 3.63) is 95.1 Å². The molecule has 304 valence electrons. The van der Waals surface area contributed by atoms with Crippen LogP contribution in [0.1, 0.15) is 165 Å². The number of hydrogen-bond donors (Lipinski definition) is 2. The summed E-state index contributed by atoms with van der Waals surface area (Å²) in [6.45, 7) is 4.54. The van der Waals surface area contributed by atoms with Gasteiger partial charge in [0.15, 0.2) is 0 Å². The molecule has 0 bridgehead atoms. The van der Waals surface area contributed by atoms with Crippen molar-refractivity contribution in [2.24, 2.45) is 0 Å². The summed E-state index contributed by atoms with van der Waals surface area (Å²) < 4.78 is 0. The second kappa shape index (κ2) is 22.3. The van der Waals surface area contributed by atoms with Crippen molar-refractivity contribution in [3.63, 3.8) is 0 Å². The molecule has 0 radical (unpaired) electrons. The predicted octanol–water partition coefficient (Wildman–Crippen LogP) is 13.1. The maximum absolute atomic E-state index is 10.9. The summed E-state index contributed by atoms with van der Waals surface area (Å²) in [5.41, 5.74) is 8.73. The molecular formula is C49H66N6O2.